The molecule has 0 amide bonds. The van der Waals surface area contributed by atoms with Gasteiger partial charge >= 0.3 is 0 Å². The molecule has 2 rings (SSSR count). The molecule has 0 aliphatic heterocycles. The average Bonchev–Trinajstić information content (AvgIpc) is 2.35. The van der Waals surface area contributed by atoms with Gasteiger partial charge in [-0.05, 0) is 58.4 Å². The number of benzene rings is 2. The molecule has 4 nitrogen and oxygen atoms in total. The Hall–Kier alpha value is -1.05. The van der Waals surface area contributed by atoms with Crippen molar-refractivity contribution < 1.29 is 8.42 Å². The maximum Gasteiger partial charge on any atom is 0.261 e. The molecule has 0 spiro atoms. The highest BCUT2D eigenvalue weighted by Crippen LogP contribution is 2.25. The minimum Gasteiger partial charge on any atom is -0.398 e. The molecule has 2 aromatic carbocycles. The quantitative estimate of drug-likeness (QED) is 0.766. The summed E-state index contributed by atoms with van der Waals surface area (Å²) in [7, 11) is -3.62. The van der Waals surface area contributed by atoms with Crippen LogP contribution in [0.25, 0.3) is 0 Å². The van der Waals surface area contributed by atoms with Crippen molar-refractivity contribution in [2.24, 2.45) is 0 Å². The summed E-state index contributed by atoms with van der Waals surface area (Å²) in [6, 6.07) is 11.3. The van der Waals surface area contributed by atoms with Crippen molar-refractivity contribution in [3.63, 3.8) is 0 Å². The third-order valence-corrected chi connectivity index (χ3v) is 4.97. The highest BCUT2D eigenvalue weighted by Gasteiger charge is 2.15. The number of rotatable bonds is 3. The molecule has 0 atom stereocenters. The molecule has 0 heterocycles. The van der Waals surface area contributed by atoms with Crippen molar-refractivity contribution in [1.82, 2.24) is 0 Å². The monoisotopic (exact) mass is 404 g/mol. The van der Waals surface area contributed by atoms with Crippen LogP contribution in [0.1, 0.15) is 0 Å². The zero-order chi connectivity index (χ0) is 14.0. The van der Waals surface area contributed by atoms with Crippen LogP contribution in [0, 0.1) is 0 Å². The lowest BCUT2D eigenvalue weighted by molar-refractivity contribution is 0.601. The van der Waals surface area contributed by atoms with Crippen LogP contribution < -0.4 is 10.5 Å². The molecule has 0 radical (unpaired) electrons. The number of nitrogens with two attached hydrogens (primary N) is 1. The second-order valence-electron chi connectivity index (χ2n) is 3.80. The fourth-order valence-electron chi connectivity index (χ4n) is 1.41. The van der Waals surface area contributed by atoms with Gasteiger partial charge in [-0.25, -0.2) is 8.42 Å². The Morgan fingerprint density at radius 3 is 2.21 bits per heavy atom. The zero-order valence-corrected chi connectivity index (χ0v) is 13.6. The smallest absolute Gasteiger partial charge is 0.261 e. The van der Waals surface area contributed by atoms with Gasteiger partial charge in [0.05, 0.1) is 4.90 Å². The molecule has 0 bridgehead atoms. The Bertz CT molecular complexity index is 700. The van der Waals surface area contributed by atoms with E-state index in [1.807, 2.05) is 0 Å². The van der Waals surface area contributed by atoms with Crippen LogP contribution in [0.2, 0.25) is 0 Å². The van der Waals surface area contributed by atoms with E-state index in [4.69, 9.17) is 5.73 Å². The van der Waals surface area contributed by atoms with Gasteiger partial charge in [0.25, 0.3) is 10.0 Å². The van der Waals surface area contributed by atoms with Crippen molar-refractivity contribution in [3.05, 3.63) is 51.4 Å². The molecule has 0 saturated heterocycles. The molecule has 0 aromatic heterocycles. The summed E-state index contributed by atoms with van der Waals surface area (Å²) in [4.78, 5) is 0.150. The Balaban J connectivity index is 2.32. The van der Waals surface area contributed by atoms with Crippen molar-refractivity contribution >= 4 is 53.3 Å². The number of sulfonamides is 1. The Labute approximate surface area is 128 Å². The molecular weight excluding hydrogens is 396 g/mol. The molecular formula is C12H10Br2N2O2S. The number of hydrogen-bond donors (Lipinski definition) is 2. The van der Waals surface area contributed by atoms with E-state index in [1.54, 1.807) is 30.3 Å². The van der Waals surface area contributed by atoms with Crippen LogP contribution in [0.15, 0.2) is 56.3 Å². The fourth-order valence-corrected chi connectivity index (χ4v) is 3.29. The number of nitrogen functional groups attached to an aromatic ring is 1. The number of nitrogens with one attached hydrogen (secondary N) is 1. The van der Waals surface area contributed by atoms with Gasteiger partial charge in [0.1, 0.15) is 0 Å². The molecule has 19 heavy (non-hydrogen) atoms. The summed E-state index contributed by atoms with van der Waals surface area (Å²) in [6.45, 7) is 0. The largest absolute Gasteiger partial charge is 0.398 e. The average molecular weight is 406 g/mol. The molecule has 3 N–H and O–H groups in total. The predicted octanol–water partition coefficient (Wildman–Crippen LogP) is 3.59. The van der Waals surface area contributed by atoms with Crippen LogP contribution >= 0.6 is 31.9 Å². The van der Waals surface area contributed by atoms with E-state index in [2.05, 4.69) is 36.6 Å². The van der Waals surface area contributed by atoms with Gasteiger partial charge in [0.2, 0.25) is 0 Å². The number of hydrogen-bond acceptors (Lipinski definition) is 3. The van der Waals surface area contributed by atoms with Gasteiger partial charge in [0.15, 0.2) is 0 Å². The Kier molecular flexibility index (Phi) is 4.17. The predicted molar refractivity (Wildman–Crippen MR) is 83.5 cm³/mol. The minimum atomic E-state index is -3.62. The summed E-state index contributed by atoms with van der Waals surface area (Å²) >= 11 is 6.50. The lowest BCUT2D eigenvalue weighted by Gasteiger charge is -2.09. The summed E-state index contributed by atoms with van der Waals surface area (Å²) < 4.78 is 28.3. The number of anilines is 2. The van der Waals surface area contributed by atoms with Gasteiger partial charge in [-0.15, -0.1) is 0 Å². The molecule has 0 aliphatic rings. The van der Waals surface area contributed by atoms with E-state index >= 15 is 0 Å². The maximum atomic E-state index is 12.2. The van der Waals surface area contributed by atoms with Crippen LogP contribution in [0.3, 0.4) is 0 Å². The third kappa shape index (κ3) is 3.49. The van der Waals surface area contributed by atoms with Gasteiger partial charge in [0, 0.05) is 20.3 Å². The Morgan fingerprint density at radius 1 is 1.00 bits per heavy atom. The van der Waals surface area contributed by atoms with Crippen LogP contribution in [0.5, 0.6) is 0 Å². The van der Waals surface area contributed by atoms with Gasteiger partial charge in [-0.1, -0.05) is 15.9 Å². The molecule has 0 saturated carbocycles. The summed E-state index contributed by atoms with van der Waals surface area (Å²) in [5.74, 6) is 0. The fraction of sp³-hybridized carbons (Fsp3) is 0. The van der Waals surface area contributed by atoms with Crippen LogP contribution in [-0.4, -0.2) is 8.42 Å². The second-order valence-corrected chi connectivity index (χ2v) is 7.25. The first-order chi connectivity index (χ1) is 8.88. The molecule has 7 heteroatoms. The molecule has 0 unspecified atom stereocenters. The standard InChI is InChI=1S/C12H10Br2N2O2S/c13-8-1-3-9(4-2-8)16-19(17,18)10-5-6-12(15)11(14)7-10/h1-7,16H,15H2. The lowest BCUT2D eigenvalue weighted by Crippen LogP contribution is -2.13. The highest BCUT2D eigenvalue weighted by molar-refractivity contribution is 9.10. The first-order valence-corrected chi connectivity index (χ1v) is 8.29. The van der Waals surface area contributed by atoms with Gasteiger partial charge < -0.3 is 5.73 Å². The van der Waals surface area contributed by atoms with Gasteiger partial charge in [-0.2, -0.15) is 0 Å². The van der Waals surface area contributed by atoms with E-state index < -0.39 is 10.0 Å². The van der Waals surface area contributed by atoms with Crippen LogP contribution in [-0.2, 0) is 10.0 Å². The van der Waals surface area contributed by atoms with E-state index in [9.17, 15) is 8.42 Å². The molecule has 2 aromatic rings. The first kappa shape index (κ1) is 14.4. The molecule has 0 fully saturated rings. The maximum absolute atomic E-state index is 12.2. The summed E-state index contributed by atoms with van der Waals surface area (Å²) in [5.41, 5.74) is 6.62. The highest BCUT2D eigenvalue weighted by atomic mass is 79.9. The van der Waals surface area contributed by atoms with Crippen LogP contribution in [0.4, 0.5) is 11.4 Å². The van der Waals surface area contributed by atoms with E-state index in [0.717, 1.165) is 4.47 Å². The Morgan fingerprint density at radius 2 is 1.63 bits per heavy atom. The zero-order valence-electron chi connectivity index (χ0n) is 9.60. The molecule has 0 aliphatic carbocycles. The normalized spacial score (nSPS) is 11.3. The van der Waals surface area contributed by atoms with E-state index in [0.29, 0.717) is 15.8 Å². The van der Waals surface area contributed by atoms with Crippen molar-refractivity contribution in [2.45, 2.75) is 4.90 Å². The topological polar surface area (TPSA) is 72.2 Å². The summed E-state index contributed by atoms with van der Waals surface area (Å²) in [5, 5.41) is 0. The van der Waals surface area contributed by atoms with Gasteiger partial charge in [-0.3, -0.25) is 4.72 Å². The third-order valence-electron chi connectivity index (χ3n) is 2.38. The SMILES string of the molecule is Nc1ccc(S(=O)(=O)Nc2ccc(Br)cc2)cc1Br. The van der Waals surface area contributed by atoms with Crippen molar-refractivity contribution in [3.8, 4) is 0 Å². The van der Waals surface area contributed by atoms with Crippen molar-refractivity contribution in [2.75, 3.05) is 10.5 Å². The first-order valence-electron chi connectivity index (χ1n) is 5.22. The van der Waals surface area contributed by atoms with E-state index in [-0.39, 0.29) is 4.90 Å². The minimum absolute atomic E-state index is 0.150. The lowest BCUT2D eigenvalue weighted by atomic mass is 10.3. The molecule has 100 valence electrons. The second kappa shape index (κ2) is 5.52. The van der Waals surface area contributed by atoms with Crippen molar-refractivity contribution in [1.29, 1.82) is 0 Å². The summed E-state index contributed by atoms with van der Waals surface area (Å²) in [6.07, 6.45) is 0. The van der Waals surface area contributed by atoms with E-state index in [1.165, 1.54) is 12.1 Å². The number of halogens is 2.